The molecule has 13 nitrogen and oxygen atoms in total. The molecule has 0 saturated carbocycles. The van der Waals surface area contributed by atoms with Gasteiger partial charge < -0.3 is 28.9 Å². The van der Waals surface area contributed by atoms with E-state index in [0.29, 0.717) is 56.0 Å². The van der Waals surface area contributed by atoms with Crippen molar-refractivity contribution in [2.75, 3.05) is 94.9 Å². The van der Waals surface area contributed by atoms with E-state index >= 15 is 0 Å². The first-order valence-corrected chi connectivity index (χ1v) is 20.5. The van der Waals surface area contributed by atoms with E-state index in [9.17, 15) is 30.2 Å². The van der Waals surface area contributed by atoms with Crippen molar-refractivity contribution in [1.29, 1.82) is 15.8 Å². The molecule has 0 amide bonds. The summed E-state index contributed by atoms with van der Waals surface area (Å²) in [6.07, 6.45) is 0. The highest BCUT2D eigenvalue weighted by atomic mass is 35.5. The smallest absolute Gasteiger partial charge is 0.350 e. The molecule has 0 fully saturated rings. The third-order valence-corrected chi connectivity index (χ3v) is 10.6. The SMILES string of the molecule is CCOC(=O)/C(C#N)=C(\Cl)c1ccc(N(C)CCN(CCN(C)c2ccc(/C(Cl)=C(\C#N)C(=O)OCC)cc2)CCN(C)c2ccc(/C(Cl)=C(\C#N)C(=O)OCC)cc2)cc1. The Bertz CT molecular complexity index is 1970. The number of hydrogen-bond acceptors (Lipinski definition) is 13. The zero-order valence-electron chi connectivity index (χ0n) is 35.0. The molecule has 0 N–H and O–H groups in total. The Morgan fingerprint density at radius 3 is 0.885 bits per heavy atom. The monoisotopic (exact) mass is 887 g/mol. The van der Waals surface area contributed by atoms with Crippen LogP contribution in [0, 0.1) is 34.0 Å². The van der Waals surface area contributed by atoms with E-state index in [4.69, 9.17) is 49.0 Å². The molecule has 0 bridgehead atoms. The molecule has 0 aromatic heterocycles. The number of esters is 3. The van der Waals surface area contributed by atoms with Gasteiger partial charge in [0.1, 0.15) is 18.2 Å². The molecule has 0 radical (unpaired) electrons. The quantitative estimate of drug-likeness (QED) is 0.0441. The highest BCUT2D eigenvalue weighted by Gasteiger charge is 2.20. The first kappa shape index (κ1) is 49.4. The molecular weight excluding hydrogens is 841 g/mol. The molecule has 0 spiro atoms. The zero-order valence-corrected chi connectivity index (χ0v) is 37.3. The first-order chi connectivity index (χ1) is 29.2. The highest BCUT2D eigenvalue weighted by molar-refractivity contribution is 6.52. The molecule has 320 valence electrons. The van der Waals surface area contributed by atoms with Crippen molar-refractivity contribution in [2.45, 2.75) is 20.8 Å². The molecule has 0 saturated heterocycles. The molecule has 0 aliphatic heterocycles. The third-order valence-electron chi connectivity index (χ3n) is 9.37. The maximum Gasteiger partial charge on any atom is 0.350 e. The van der Waals surface area contributed by atoms with Gasteiger partial charge in [0.05, 0.1) is 34.9 Å². The summed E-state index contributed by atoms with van der Waals surface area (Å²) in [7, 11) is 5.93. The largest absolute Gasteiger partial charge is 0.462 e. The predicted molar refractivity (Wildman–Crippen MR) is 241 cm³/mol. The second-order valence-electron chi connectivity index (χ2n) is 13.3. The van der Waals surface area contributed by atoms with Crippen LogP contribution in [-0.2, 0) is 28.6 Å². The number of rotatable bonds is 21. The van der Waals surface area contributed by atoms with E-state index in [1.807, 2.05) is 75.7 Å². The van der Waals surface area contributed by atoms with Crippen LogP contribution in [0.2, 0.25) is 0 Å². The van der Waals surface area contributed by atoms with Gasteiger partial charge in [0.15, 0.2) is 16.7 Å². The maximum atomic E-state index is 12.2. The Balaban J connectivity index is 1.79. The Morgan fingerprint density at radius 1 is 0.459 bits per heavy atom. The number of anilines is 3. The lowest BCUT2D eigenvalue weighted by atomic mass is 10.1. The van der Waals surface area contributed by atoms with Gasteiger partial charge in [-0.25, -0.2) is 14.4 Å². The Kier molecular flexibility index (Phi) is 20.2. The molecule has 0 heterocycles. The molecule has 0 atom stereocenters. The van der Waals surface area contributed by atoms with Crippen molar-refractivity contribution >= 4 is 84.9 Å². The van der Waals surface area contributed by atoms with Crippen molar-refractivity contribution in [1.82, 2.24) is 4.90 Å². The van der Waals surface area contributed by atoms with Crippen LogP contribution in [0.4, 0.5) is 17.1 Å². The van der Waals surface area contributed by atoms with Crippen LogP contribution in [0.3, 0.4) is 0 Å². The number of hydrogen-bond donors (Lipinski definition) is 0. The first-order valence-electron chi connectivity index (χ1n) is 19.3. The summed E-state index contributed by atoms with van der Waals surface area (Å²) < 4.78 is 14.9. The van der Waals surface area contributed by atoms with Gasteiger partial charge in [-0.05, 0) is 73.9 Å². The van der Waals surface area contributed by atoms with Crippen LogP contribution in [0.1, 0.15) is 37.5 Å². The minimum absolute atomic E-state index is 0.0187. The van der Waals surface area contributed by atoms with Crippen LogP contribution in [-0.4, -0.2) is 103 Å². The minimum atomic E-state index is -0.773. The van der Waals surface area contributed by atoms with E-state index in [1.54, 1.807) is 57.2 Å². The van der Waals surface area contributed by atoms with E-state index in [2.05, 4.69) is 19.6 Å². The van der Waals surface area contributed by atoms with E-state index in [1.165, 1.54) is 0 Å². The number of carbonyl (C=O) groups excluding carboxylic acids is 3. The second kappa shape index (κ2) is 24.9. The molecule has 3 rings (SSSR count). The molecule has 61 heavy (non-hydrogen) atoms. The minimum Gasteiger partial charge on any atom is -0.462 e. The number of nitriles is 3. The summed E-state index contributed by atoms with van der Waals surface area (Å²) in [5.41, 5.74) is 3.49. The van der Waals surface area contributed by atoms with Crippen molar-refractivity contribution in [3.8, 4) is 18.2 Å². The maximum absolute atomic E-state index is 12.2. The third kappa shape index (κ3) is 14.0. The van der Waals surface area contributed by atoms with Gasteiger partial charge in [0.25, 0.3) is 0 Å². The van der Waals surface area contributed by atoms with Gasteiger partial charge >= 0.3 is 17.9 Å². The topological polar surface area (TPSA) is 163 Å². The summed E-state index contributed by atoms with van der Waals surface area (Å²) in [5.74, 6) is -2.32. The molecule has 0 aliphatic carbocycles. The number of carbonyl (C=O) groups is 3. The molecular formula is C45H48Cl3N7O6. The Labute approximate surface area is 372 Å². The summed E-state index contributed by atoms with van der Waals surface area (Å²) in [4.78, 5) is 45.3. The zero-order chi connectivity index (χ0) is 45.1. The number of nitrogens with zero attached hydrogens (tertiary/aromatic N) is 7. The summed E-state index contributed by atoms with van der Waals surface area (Å²) in [6, 6.07) is 27.3. The van der Waals surface area contributed by atoms with Crippen molar-refractivity contribution in [3.63, 3.8) is 0 Å². The highest BCUT2D eigenvalue weighted by Crippen LogP contribution is 2.29. The van der Waals surface area contributed by atoms with Crippen LogP contribution >= 0.6 is 34.8 Å². The predicted octanol–water partition coefficient (Wildman–Crippen LogP) is 7.81. The standard InChI is InChI=1S/C45H48Cl3N7O6/c1-7-59-43(56)37(28-49)40(46)31-10-16-34(17-11-31)52(4)22-25-55(26-23-53(5)35-18-12-32(13-19-35)41(47)38(29-50)44(57)60-8-2)27-24-54(6)36-20-14-33(15-21-36)42(48)39(30-51)45(58)61-9-3/h10-21H,7-9,22-27H2,1-6H3/b40-37-,41-38-,42-39-. The summed E-state index contributed by atoms with van der Waals surface area (Å²) >= 11 is 19.3. The number of likely N-dealkylation sites (N-methyl/N-ethyl adjacent to an activating group) is 3. The van der Waals surface area contributed by atoms with Crippen LogP contribution in [0.5, 0.6) is 0 Å². The van der Waals surface area contributed by atoms with Gasteiger partial charge in [-0.15, -0.1) is 0 Å². The lowest BCUT2D eigenvalue weighted by molar-refractivity contribution is -0.138. The molecule has 0 unspecified atom stereocenters. The molecule has 3 aromatic rings. The van der Waals surface area contributed by atoms with E-state index < -0.39 is 17.9 Å². The summed E-state index contributed by atoms with van der Waals surface area (Å²) in [6.45, 7) is 9.37. The van der Waals surface area contributed by atoms with Gasteiger partial charge in [-0.1, -0.05) is 71.2 Å². The van der Waals surface area contributed by atoms with E-state index in [0.717, 1.165) is 17.1 Å². The fraction of sp³-hybridized carbons (Fsp3) is 0.333. The van der Waals surface area contributed by atoms with E-state index in [-0.39, 0.29) is 51.6 Å². The molecule has 3 aromatic carbocycles. The van der Waals surface area contributed by atoms with Gasteiger partial charge in [-0.2, -0.15) is 15.8 Å². The van der Waals surface area contributed by atoms with Crippen LogP contribution in [0.15, 0.2) is 89.5 Å². The van der Waals surface area contributed by atoms with Gasteiger partial charge in [0, 0.05) is 77.5 Å². The number of benzene rings is 3. The number of halogens is 3. The van der Waals surface area contributed by atoms with Gasteiger partial charge in [-0.3, -0.25) is 4.90 Å². The van der Waals surface area contributed by atoms with Crippen molar-refractivity contribution < 1.29 is 28.6 Å². The van der Waals surface area contributed by atoms with Crippen LogP contribution < -0.4 is 14.7 Å². The van der Waals surface area contributed by atoms with Gasteiger partial charge in [0.2, 0.25) is 0 Å². The lowest BCUT2D eigenvalue weighted by Crippen LogP contribution is -2.41. The molecule has 16 heteroatoms. The summed E-state index contributed by atoms with van der Waals surface area (Å²) in [5, 5.41) is 28.6. The number of ether oxygens (including phenoxy) is 3. The van der Waals surface area contributed by atoms with Crippen molar-refractivity contribution in [2.24, 2.45) is 0 Å². The lowest BCUT2D eigenvalue weighted by Gasteiger charge is -2.31. The Hall–Kier alpha value is -6.01. The average Bonchev–Trinajstić information content (AvgIpc) is 3.26. The van der Waals surface area contributed by atoms with Crippen LogP contribution in [0.25, 0.3) is 15.1 Å². The Morgan fingerprint density at radius 2 is 0.689 bits per heavy atom. The molecule has 0 aliphatic rings. The fourth-order valence-corrected chi connectivity index (χ4v) is 6.52. The normalized spacial score (nSPS) is 12.0. The second-order valence-corrected chi connectivity index (χ2v) is 14.4. The van der Waals surface area contributed by atoms with Crippen molar-refractivity contribution in [3.05, 3.63) is 106 Å². The average molecular weight is 889 g/mol. The fourth-order valence-electron chi connectivity index (χ4n) is 5.78.